The van der Waals surface area contributed by atoms with Crippen LogP contribution in [0.1, 0.15) is 30.3 Å². The van der Waals surface area contributed by atoms with Gasteiger partial charge in [0.05, 0.1) is 17.8 Å². The van der Waals surface area contributed by atoms with Gasteiger partial charge in [0.1, 0.15) is 0 Å². The van der Waals surface area contributed by atoms with Crippen molar-refractivity contribution in [3.8, 4) is 5.69 Å². The summed E-state index contributed by atoms with van der Waals surface area (Å²) in [6, 6.07) is 10.0. The van der Waals surface area contributed by atoms with Crippen LogP contribution in [-0.2, 0) is 11.2 Å². The predicted octanol–water partition coefficient (Wildman–Crippen LogP) is 2.65. The second-order valence-electron chi connectivity index (χ2n) is 7.15. The van der Waals surface area contributed by atoms with Crippen molar-refractivity contribution in [3.05, 3.63) is 47.3 Å². The van der Waals surface area contributed by atoms with E-state index >= 15 is 0 Å². The molecule has 1 unspecified atom stereocenters. The zero-order chi connectivity index (χ0) is 17.3. The number of amides is 1. The minimum atomic E-state index is 0. The average Bonchev–Trinajstić information content (AvgIpc) is 3.12. The number of nitrogens with two attached hydrogens (primary N) is 1. The number of aromatic nitrogens is 2. The molecule has 1 aromatic heterocycles. The highest BCUT2D eigenvalue weighted by Gasteiger charge is 2.35. The van der Waals surface area contributed by atoms with E-state index in [1.54, 1.807) is 0 Å². The smallest absolute Gasteiger partial charge is 0.227 e. The maximum atomic E-state index is 12.7. The molecule has 1 aliphatic heterocycles. The topological polar surface area (TPSA) is 64.2 Å². The third-order valence-electron chi connectivity index (χ3n) is 5.17. The van der Waals surface area contributed by atoms with Crippen LogP contribution in [0, 0.1) is 19.3 Å². The van der Waals surface area contributed by atoms with E-state index in [1.165, 1.54) is 0 Å². The summed E-state index contributed by atoms with van der Waals surface area (Å²) in [6.45, 7) is 8.35. The number of rotatable bonds is 4. The quantitative estimate of drug-likeness (QED) is 0.909. The standard InChI is InChI=1S/C19H26N4O.ClH/c1-14-17(11-18(24)22-10-9-19(3,12-20)13-22)15(2)23(21-14)16-7-5-4-6-8-16;/h4-8H,9-13,20H2,1-3H3;1H. The van der Waals surface area contributed by atoms with Crippen molar-refractivity contribution < 1.29 is 4.79 Å². The number of likely N-dealkylation sites (tertiary alicyclic amines) is 1. The maximum absolute atomic E-state index is 12.7. The molecule has 5 nitrogen and oxygen atoms in total. The van der Waals surface area contributed by atoms with Gasteiger partial charge in [0.25, 0.3) is 0 Å². The van der Waals surface area contributed by atoms with Crippen molar-refractivity contribution in [1.29, 1.82) is 0 Å². The van der Waals surface area contributed by atoms with Crippen molar-refractivity contribution in [2.24, 2.45) is 11.1 Å². The van der Waals surface area contributed by atoms with E-state index in [0.717, 1.165) is 42.1 Å². The van der Waals surface area contributed by atoms with Crippen LogP contribution in [0.5, 0.6) is 0 Å². The third-order valence-corrected chi connectivity index (χ3v) is 5.17. The number of benzene rings is 1. The lowest BCUT2D eigenvalue weighted by Crippen LogP contribution is -2.35. The molecule has 0 bridgehead atoms. The van der Waals surface area contributed by atoms with E-state index in [-0.39, 0.29) is 23.7 Å². The summed E-state index contributed by atoms with van der Waals surface area (Å²) >= 11 is 0. The molecule has 2 N–H and O–H groups in total. The molecule has 1 saturated heterocycles. The summed E-state index contributed by atoms with van der Waals surface area (Å²) in [5.41, 5.74) is 9.92. The first-order valence-corrected chi connectivity index (χ1v) is 8.52. The number of carbonyl (C=O) groups excluding carboxylic acids is 1. The largest absolute Gasteiger partial charge is 0.342 e. The van der Waals surface area contributed by atoms with Gasteiger partial charge in [-0.25, -0.2) is 4.68 Å². The summed E-state index contributed by atoms with van der Waals surface area (Å²) < 4.78 is 1.92. The fourth-order valence-corrected chi connectivity index (χ4v) is 3.42. The van der Waals surface area contributed by atoms with Crippen LogP contribution >= 0.6 is 12.4 Å². The van der Waals surface area contributed by atoms with E-state index in [4.69, 9.17) is 5.73 Å². The Balaban J connectivity index is 0.00000225. The summed E-state index contributed by atoms with van der Waals surface area (Å²) in [6.07, 6.45) is 1.39. The van der Waals surface area contributed by atoms with Gasteiger partial charge in [-0.15, -0.1) is 12.4 Å². The lowest BCUT2D eigenvalue weighted by molar-refractivity contribution is -0.129. The van der Waals surface area contributed by atoms with Gasteiger partial charge in [0, 0.05) is 24.3 Å². The van der Waals surface area contributed by atoms with E-state index in [1.807, 2.05) is 53.8 Å². The first kappa shape index (κ1) is 19.5. The average molecular weight is 363 g/mol. The molecule has 1 aromatic carbocycles. The van der Waals surface area contributed by atoms with Crippen LogP contribution in [-0.4, -0.2) is 40.2 Å². The molecule has 1 aliphatic rings. The monoisotopic (exact) mass is 362 g/mol. The van der Waals surface area contributed by atoms with E-state index in [9.17, 15) is 4.79 Å². The number of aryl methyl sites for hydroxylation is 1. The lowest BCUT2D eigenvalue weighted by Gasteiger charge is -2.22. The molecule has 1 fully saturated rings. The van der Waals surface area contributed by atoms with Gasteiger partial charge >= 0.3 is 0 Å². The van der Waals surface area contributed by atoms with Crippen molar-refractivity contribution in [2.45, 2.75) is 33.6 Å². The van der Waals surface area contributed by atoms with Gasteiger partial charge in [0.15, 0.2) is 0 Å². The van der Waals surface area contributed by atoms with Gasteiger partial charge in [-0.1, -0.05) is 25.1 Å². The molecule has 0 saturated carbocycles. The third kappa shape index (κ3) is 3.88. The molecule has 1 atom stereocenters. The molecule has 3 rings (SSSR count). The van der Waals surface area contributed by atoms with Gasteiger partial charge in [-0.05, 0) is 44.4 Å². The predicted molar refractivity (Wildman–Crippen MR) is 102 cm³/mol. The maximum Gasteiger partial charge on any atom is 0.227 e. The Hall–Kier alpha value is -1.85. The minimum Gasteiger partial charge on any atom is -0.342 e. The number of hydrogen-bond acceptors (Lipinski definition) is 3. The number of nitrogens with zero attached hydrogens (tertiary/aromatic N) is 3. The number of para-hydroxylation sites is 1. The Bertz CT molecular complexity index is 743. The van der Waals surface area contributed by atoms with Gasteiger partial charge in [-0.2, -0.15) is 5.10 Å². The second kappa shape index (κ2) is 7.58. The molecule has 136 valence electrons. The highest BCUT2D eigenvalue weighted by atomic mass is 35.5. The van der Waals surface area contributed by atoms with Crippen molar-refractivity contribution in [1.82, 2.24) is 14.7 Å². The van der Waals surface area contributed by atoms with E-state index < -0.39 is 0 Å². The van der Waals surface area contributed by atoms with Crippen LogP contribution in [0.25, 0.3) is 5.69 Å². The molecule has 0 radical (unpaired) electrons. The molecule has 6 heteroatoms. The lowest BCUT2D eigenvalue weighted by atomic mass is 9.90. The summed E-state index contributed by atoms with van der Waals surface area (Å²) in [5.74, 6) is 0.172. The van der Waals surface area contributed by atoms with Crippen LogP contribution in [0.2, 0.25) is 0 Å². The number of carbonyl (C=O) groups is 1. The number of hydrogen-bond donors (Lipinski definition) is 1. The summed E-state index contributed by atoms with van der Waals surface area (Å²) in [7, 11) is 0. The first-order chi connectivity index (χ1) is 11.4. The molecule has 1 amide bonds. The van der Waals surface area contributed by atoms with Gasteiger partial charge in [0.2, 0.25) is 5.91 Å². The Morgan fingerprint density at radius 3 is 2.56 bits per heavy atom. The molecule has 25 heavy (non-hydrogen) atoms. The first-order valence-electron chi connectivity index (χ1n) is 8.52. The van der Waals surface area contributed by atoms with Gasteiger partial charge in [-0.3, -0.25) is 4.79 Å². The fourth-order valence-electron chi connectivity index (χ4n) is 3.42. The second-order valence-corrected chi connectivity index (χ2v) is 7.15. The molecule has 2 aromatic rings. The highest BCUT2D eigenvalue weighted by molar-refractivity contribution is 5.85. The number of halogens is 1. The zero-order valence-electron chi connectivity index (χ0n) is 15.2. The Morgan fingerprint density at radius 2 is 1.96 bits per heavy atom. The molecular formula is C19H27ClN4O. The molecule has 0 aliphatic carbocycles. The van der Waals surface area contributed by atoms with E-state index in [0.29, 0.717) is 13.0 Å². The molecule has 2 heterocycles. The molecule has 0 spiro atoms. The SMILES string of the molecule is Cc1nn(-c2ccccc2)c(C)c1CC(=O)N1CCC(C)(CN)C1.Cl. The fraction of sp³-hybridized carbons (Fsp3) is 0.474. The van der Waals surface area contributed by atoms with Crippen LogP contribution in [0.3, 0.4) is 0 Å². The van der Waals surface area contributed by atoms with Crippen LogP contribution in [0.4, 0.5) is 0 Å². The summed E-state index contributed by atoms with van der Waals surface area (Å²) in [5, 5.41) is 4.63. The minimum absolute atomic E-state index is 0. The Morgan fingerprint density at radius 1 is 1.28 bits per heavy atom. The summed E-state index contributed by atoms with van der Waals surface area (Å²) in [4.78, 5) is 14.7. The van der Waals surface area contributed by atoms with Crippen molar-refractivity contribution in [2.75, 3.05) is 19.6 Å². The highest BCUT2D eigenvalue weighted by Crippen LogP contribution is 2.29. The van der Waals surface area contributed by atoms with Crippen molar-refractivity contribution >= 4 is 18.3 Å². The van der Waals surface area contributed by atoms with Crippen LogP contribution in [0.15, 0.2) is 30.3 Å². The van der Waals surface area contributed by atoms with Gasteiger partial charge < -0.3 is 10.6 Å². The molecular weight excluding hydrogens is 336 g/mol. The van der Waals surface area contributed by atoms with Crippen molar-refractivity contribution in [3.63, 3.8) is 0 Å². The van der Waals surface area contributed by atoms with E-state index in [2.05, 4.69) is 12.0 Å². The normalized spacial score (nSPS) is 19.8. The Kier molecular flexibility index (Phi) is 5.91. The Labute approximate surface area is 155 Å². The van der Waals surface area contributed by atoms with Crippen LogP contribution < -0.4 is 5.73 Å². The zero-order valence-corrected chi connectivity index (χ0v) is 16.0.